The lowest BCUT2D eigenvalue weighted by molar-refractivity contribution is -0.117. The van der Waals surface area contributed by atoms with Crippen molar-refractivity contribution in [3.05, 3.63) is 22.2 Å². The molecule has 5 heteroatoms. The number of rotatable bonds is 3. The molecule has 104 valence electrons. The van der Waals surface area contributed by atoms with Gasteiger partial charge >= 0.3 is 0 Å². The summed E-state index contributed by atoms with van der Waals surface area (Å²) in [6, 6.07) is 2.98. The van der Waals surface area contributed by atoms with E-state index < -0.39 is 0 Å². The first-order valence-corrected chi connectivity index (χ1v) is 7.30. The summed E-state index contributed by atoms with van der Waals surface area (Å²) in [6.45, 7) is 0. The number of hydrogen-bond donors (Lipinski definition) is 2. The first kappa shape index (κ1) is 14.5. The van der Waals surface area contributed by atoms with Crippen molar-refractivity contribution >= 4 is 34.8 Å². The molecule has 1 aliphatic carbocycles. The van der Waals surface area contributed by atoms with Gasteiger partial charge in [-0.1, -0.05) is 42.5 Å². The van der Waals surface area contributed by atoms with Crippen LogP contribution in [0.15, 0.2) is 12.1 Å². The van der Waals surface area contributed by atoms with E-state index in [-0.39, 0.29) is 21.7 Å². The number of aromatic hydroxyl groups is 1. The lowest BCUT2D eigenvalue weighted by atomic mass is 9.87. The highest BCUT2D eigenvalue weighted by atomic mass is 35.5. The van der Waals surface area contributed by atoms with Gasteiger partial charge < -0.3 is 10.4 Å². The van der Waals surface area contributed by atoms with Crippen molar-refractivity contribution < 1.29 is 9.90 Å². The standard InChI is InChI=1S/C14H17Cl2NO2/c15-13-10(6-7-11(18)14(13)16)17-12(19)8-9-4-2-1-3-5-9/h6-7,9,18H,1-5,8H2,(H,17,19). The molecule has 0 spiro atoms. The third-order valence-corrected chi connectivity index (χ3v) is 4.41. The molecule has 0 saturated heterocycles. The number of phenols is 1. The molecule has 19 heavy (non-hydrogen) atoms. The van der Waals surface area contributed by atoms with Gasteiger partial charge in [-0.05, 0) is 30.9 Å². The summed E-state index contributed by atoms with van der Waals surface area (Å²) in [5, 5.41) is 12.4. The first-order chi connectivity index (χ1) is 9.08. The van der Waals surface area contributed by atoms with Gasteiger partial charge in [-0.25, -0.2) is 0 Å². The van der Waals surface area contributed by atoms with E-state index in [4.69, 9.17) is 23.2 Å². The fourth-order valence-corrected chi connectivity index (χ4v) is 2.86. The van der Waals surface area contributed by atoms with E-state index in [0.29, 0.717) is 18.0 Å². The van der Waals surface area contributed by atoms with Gasteiger partial charge in [-0.3, -0.25) is 4.79 Å². The molecular weight excluding hydrogens is 285 g/mol. The van der Waals surface area contributed by atoms with Gasteiger partial charge in [0, 0.05) is 6.42 Å². The molecule has 2 rings (SSSR count). The largest absolute Gasteiger partial charge is 0.506 e. The predicted molar refractivity (Wildman–Crippen MR) is 77.9 cm³/mol. The van der Waals surface area contributed by atoms with E-state index in [1.165, 1.54) is 25.3 Å². The molecular formula is C14H17Cl2NO2. The number of anilines is 1. The second kappa shape index (κ2) is 6.49. The monoisotopic (exact) mass is 301 g/mol. The van der Waals surface area contributed by atoms with Crippen LogP contribution in [0.4, 0.5) is 5.69 Å². The van der Waals surface area contributed by atoms with E-state index in [1.807, 2.05) is 0 Å². The van der Waals surface area contributed by atoms with Crippen LogP contribution in [0.1, 0.15) is 38.5 Å². The molecule has 0 aromatic heterocycles. The topological polar surface area (TPSA) is 49.3 Å². The molecule has 1 aliphatic rings. The van der Waals surface area contributed by atoms with E-state index >= 15 is 0 Å². The lowest BCUT2D eigenvalue weighted by Crippen LogP contribution is -2.18. The third kappa shape index (κ3) is 3.77. The van der Waals surface area contributed by atoms with Crippen LogP contribution in [0.25, 0.3) is 0 Å². The molecule has 1 aromatic rings. The number of hydrogen-bond acceptors (Lipinski definition) is 2. The third-order valence-electron chi connectivity index (χ3n) is 3.53. The van der Waals surface area contributed by atoms with Crippen molar-refractivity contribution in [1.29, 1.82) is 0 Å². The minimum atomic E-state index is -0.0862. The van der Waals surface area contributed by atoms with Gasteiger partial charge in [0.05, 0.1) is 10.7 Å². The van der Waals surface area contributed by atoms with Crippen molar-refractivity contribution in [3.63, 3.8) is 0 Å². The van der Waals surface area contributed by atoms with Crippen LogP contribution >= 0.6 is 23.2 Å². The highest BCUT2D eigenvalue weighted by Crippen LogP contribution is 2.37. The minimum Gasteiger partial charge on any atom is -0.506 e. The number of halogens is 2. The highest BCUT2D eigenvalue weighted by molar-refractivity contribution is 6.44. The zero-order valence-electron chi connectivity index (χ0n) is 10.6. The van der Waals surface area contributed by atoms with Gasteiger partial charge in [0.15, 0.2) is 0 Å². The molecule has 3 nitrogen and oxygen atoms in total. The van der Waals surface area contributed by atoms with E-state index in [9.17, 15) is 9.90 Å². The Bertz CT molecular complexity index is 471. The quantitative estimate of drug-likeness (QED) is 0.801. The summed E-state index contributed by atoms with van der Waals surface area (Å²) in [5.74, 6) is 0.340. The Morgan fingerprint density at radius 1 is 1.21 bits per heavy atom. The first-order valence-electron chi connectivity index (χ1n) is 6.54. The maximum Gasteiger partial charge on any atom is 0.224 e. The Kier molecular flexibility index (Phi) is 4.94. The molecule has 1 amide bonds. The molecule has 1 aromatic carbocycles. The molecule has 0 atom stereocenters. The summed E-state index contributed by atoms with van der Waals surface area (Å²) < 4.78 is 0. The fourth-order valence-electron chi connectivity index (χ4n) is 2.49. The number of carbonyl (C=O) groups is 1. The molecule has 0 radical (unpaired) electrons. The summed E-state index contributed by atoms with van der Waals surface area (Å²) in [7, 11) is 0. The molecule has 1 fully saturated rings. The zero-order chi connectivity index (χ0) is 13.8. The molecule has 2 N–H and O–H groups in total. The number of phenolic OH excluding ortho intramolecular Hbond substituents is 1. The maximum absolute atomic E-state index is 12.0. The average Bonchev–Trinajstić information content (AvgIpc) is 2.41. The second-order valence-corrected chi connectivity index (χ2v) is 5.77. The number of nitrogens with one attached hydrogen (secondary N) is 1. The van der Waals surface area contributed by atoms with Crippen molar-refractivity contribution in [2.75, 3.05) is 5.32 Å². The Balaban J connectivity index is 1.97. The van der Waals surface area contributed by atoms with Crippen LogP contribution in [0.5, 0.6) is 5.75 Å². The summed E-state index contributed by atoms with van der Waals surface area (Å²) in [4.78, 5) is 12.0. The normalized spacial score (nSPS) is 16.3. The lowest BCUT2D eigenvalue weighted by Gasteiger charge is -2.21. The molecule has 0 unspecified atom stereocenters. The number of amides is 1. The maximum atomic E-state index is 12.0. The Morgan fingerprint density at radius 3 is 2.58 bits per heavy atom. The van der Waals surface area contributed by atoms with Crippen LogP contribution in [0.3, 0.4) is 0 Å². The van der Waals surface area contributed by atoms with Crippen molar-refractivity contribution in [2.24, 2.45) is 5.92 Å². The van der Waals surface area contributed by atoms with E-state index in [2.05, 4.69) is 5.32 Å². The average molecular weight is 302 g/mol. The zero-order valence-corrected chi connectivity index (χ0v) is 12.1. The Labute approximate surface area is 122 Å². The number of benzene rings is 1. The Hall–Kier alpha value is -0.930. The SMILES string of the molecule is O=C(CC1CCCCC1)Nc1ccc(O)c(Cl)c1Cl. The Morgan fingerprint density at radius 2 is 1.89 bits per heavy atom. The summed E-state index contributed by atoms with van der Waals surface area (Å²) >= 11 is 11.8. The number of carbonyl (C=O) groups excluding carboxylic acids is 1. The van der Waals surface area contributed by atoms with Gasteiger partial charge in [0.25, 0.3) is 0 Å². The van der Waals surface area contributed by atoms with Gasteiger partial charge in [0.1, 0.15) is 10.8 Å². The highest BCUT2D eigenvalue weighted by Gasteiger charge is 2.18. The predicted octanol–water partition coefficient (Wildman–Crippen LogP) is 4.61. The molecule has 0 heterocycles. The molecule has 0 aliphatic heterocycles. The van der Waals surface area contributed by atoms with Crippen molar-refractivity contribution in [1.82, 2.24) is 0 Å². The summed E-state index contributed by atoms with van der Waals surface area (Å²) in [6.07, 6.45) is 6.47. The van der Waals surface area contributed by atoms with Crippen LogP contribution in [-0.2, 0) is 4.79 Å². The molecule has 1 saturated carbocycles. The van der Waals surface area contributed by atoms with E-state index in [0.717, 1.165) is 12.8 Å². The van der Waals surface area contributed by atoms with Crippen LogP contribution in [0, 0.1) is 5.92 Å². The van der Waals surface area contributed by atoms with Crippen LogP contribution in [-0.4, -0.2) is 11.0 Å². The van der Waals surface area contributed by atoms with Crippen LogP contribution < -0.4 is 5.32 Å². The second-order valence-electron chi connectivity index (χ2n) is 5.02. The fraction of sp³-hybridized carbons (Fsp3) is 0.500. The molecule has 0 bridgehead atoms. The van der Waals surface area contributed by atoms with Gasteiger partial charge in [-0.2, -0.15) is 0 Å². The smallest absolute Gasteiger partial charge is 0.224 e. The van der Waals surface area contributed by atoms with Crippen molar-refractivity contribution in [3.8, 4) is 5.75 Å². The van der Waals surface area contributed by atoms with E-state index in [1.54, 1.807) is 6.07 Å². The van der Waals surface area contributed by atoms with Crippen LogP contribution in [0.2, 0.25) is 10.0 Å². The van der Waals surface area contributed by atoms with Gasteiger partial charge in [0.2, 0.25) is 5.91 Å². The van der Waals surface area contributed by atoms with Crippen molar-refractivity contribution in [2.45, 2.75) is 38.5 Å². The summed E-state index contributed by atoms with van der Waals surface area (Å²) in [5.41, 5.74) is 0.449. The minimum absolute atomic E-state index is 0.0458. The van der Waals surface area contributed by atoms with Gasteiger partial charge in [-0.15, -0.1) is 0 Å².